The van der Waals surface area contributed by atoms with E-state index in [4.69, 9.17) is 14.2 Å². The highest BCUT2D eigenvalue weighted by Crippen LogP contribution is 2.28. The van der Waals surface area contributed by atoms with Crippen molar-refractivity contribution in [2.75, 3.05) is 27.4 Å². The number of carbonyl (C=O) groups is 1. The molecule has 0 saturated carbocycles. The van der Waals surface area contributed by atoms with Crippen LogP contribution in [0, 0.1) is 0 Å². The molecule has 0 N–H and O–H groups in total. The van der Waals surface area contributed by atoms with Gasteiger partial charge in [-0.3, -0.25) is 0 Å². The van der Waals surface area contributed by atoms with Crippen LogP contribution < -0.4 is 4.74 Å². The van der Waals surface area contributed by atoms with E-state index < -0.39 is 5.97 Å². The van der Waals surface area contributed by atoms with Gasteiger partial charge in [-0.15, -0.1) is 0 Å². The first-order valence-corrected chi connectivity index (χ1v) is 5.25. The van der Waals surface area contributed by atoms with Crippen LogP contribution in [0.3, 0.4) is 0 Å². The number of hydrogen-bond donors (Lipinski definition) is 0. The van der Waals surface area contributed by atoms with Gasteiger partial charge in [-0.05, 0) is 12.1 Å². The van der Waals surface area contributed by atoms with Crippen molar-refractivity contribution in [3.63, 3.8) is 0 Å². The average Bonchev–Trinajstić information content (AvgIpc) is 2.91. The molecule has 1 heterocycles. The second kappa shape index (κ2) is 5.16. The molecule has 1 aliphatic rings. The molecular weight excluding hydrogens is 224 g/mol. The first kappa shape index (κ1) is 11.9. The van der Waals surface area contributed by atoms with Gasteiger partial charge in [0, 0.05) is 5.56 Å². The van der Waals surface area contributed by atoms with Crippen LogP contribution in [0.1, 0.15) is 22.2 Å². The zero-order valence-corrected chi connectivity index (χ0v) is 9.76. The summed E-state index contributed by atoms with van der Waals surface area (Å²) in [5.41, 5.74) is 1.21. The van der Waals surface area contributed by atoms with Gasteiger partial charge in [0.1, 0.15) is 11.3 Å². The molecule has 1 aromatic rings. The van der Waals surface area contributed by atoms with Crippen molar-refractivity contribution >= 4 is 5.97 Å². The third-order valence-electron chi connectivity index (χ3n) is 2.52. The molecule has 0 atom stereocenters. The molecule has 0 aromatic heterocycles. The van der Waals surface area contributed by atoms with Crippen molar-refractivity contribution in [1.29, 1.82) is 0 Å². The van der Waals surface area contributed by atoms with E-state index in [0.29, 0.717) is 24.5 Å². The van der Waals surface area contributed by atoms with E-state index in [1.54, 1.807) is 18.2 Å². The first-order valence-electron chi connectivity index (χ1n) is 5.25. The maximum absolute atomic E-state index is 11.5. The Hall–Kier alpha value is -1.59. The summed E-state index contributed by atoms with van der Waals surface area (Å²) in [6.07, 6.45) is -0.379. The van der Waals surface area contributed by atoms with Gasteiger partial charge in [0.25, 0.3) is 0 Å². The van der Waals surface area contributed by atoms with E-state index >= 15 is 0 Å². The minimum Gasteiger partial charge on any atom is -0.496 e. The molecule has 0 bridgehead atoms. The summed E-state index contributed by atoms with van der Waals surface area (Å²) >= 11 is 0. The third kappa shape index (κ3) is 2.40. The highest BCUT2D eigenvalue weighted by atomic mass is 16.7. The number of ether oxygens (including phenoxy) is 4. The normalized spacial score (nSPS) is 15.9. The maximum atomic E-state index is 11.5. The molecule has 0 unspecified atom stereocenters. The Kier molecular flexibility index (Phi) is 3.61. The molecule has 0 spiro atoms. The maximum Gasteiger partial charge on any atom is 0.341 e. The molecule has 0 radical (unpaired) electrons. The Morgan fingerprint density at radius 2 is 2.00 bits per heavy atom. The van der Waals surface area contributed by atoms with Gasteiger partial charge in [0.15, 0.2) is 6.29 Å². The summed E-state index contributed by atoms with van der Waals surface area (Å²) < 4.78 is 20.6. The van der Waals surface area contributed by atoms with E-state index in [1.165, 1.54) is 14.2 Å². The molecule has 5 nitrogen and oxygen atoms in total. The number of methoxy groups -OCH3 is 2. The summed E-state index contributed by atoms with van der Waals surface area (Å²) in [6.45, 7) is 1.15. The van der Waals surface area contributed by atoms with Crippen molar-refractivity contribution in [3.05, 3.63) is 29.3 Å². The Labute approximate surface area is 99.2 Å². The van der Waals surface area contributed by atoms with E-state index in [1.807, 2.05) is 0 Å². The van der Waals surface area contributed by atoms with E-state index in [2.05, 4.69) is 4.74 Å². The van der Waals surface area contributed by atoms with Crippen molar-refractivity contribution in [3.8, 4) is 5.75 Å². The standard InChI is InChI=1S/C12H14O5/c1-14-10-7-8(12-16-5-6-17-12)3-4-9(10)11(13)15-2/h3-4,7,12H,5-6H2,1-2H3. The first-order chi connectivity index (χ1) is 8.26. The minimum absolute atomic E-state index is 0.379. The van der Waals surface area contributed by atoms with Crippen molar-refractivity contribution in [2.24, 2.45) is 0 Å². The van der Waals surface area contributed by atoms with Crippen molar-refractivity contribution in [1.82, 2.24) is 0 Å². The predicted molar refractivity (Wildman–Crippen MR) is 59.0 cm³/mol. The number of carbonyl (C=O) groups excluding carboxylic acids is 1. The zero-order valence-electron chi connectivity index (χ0n) is 9.76. The monoisotopic (exact) mass is 238 g/mol. The number of benzene rings is 1. The van der Waals surface area contributed by atoms with Gasteiger partial charge in [-0.25, -0.2) is 4.79 Å². The van der Waals surface area contributed by atoms with E-state index in [9.17, 15) is 4.79 Å². The highest BCUT2D eigenvalue weighted by molar-refractivity contribution is 5.92. The summed E-state index contributed by atoms with van der Waals surface area (Å²) in [6, 6.07) is 5.14. The van der Waals surface area contributed by atoms with Crippen LogP contribution in [0.5, 0.6) is 5.75 Å². The molecule has 92 valence electrons. The quantitative estimate of drug-likeness (QED) is 0.747. The second-order valence-corrected chi connectivity index (χ2v) is 3.52. The molecule has 5 heteroatoms. The van der Waals surface area contributed by atoms with Crippen LogP contribution in [-0.2, 0) is 14.2 Å². The molecule has 1 saturated heterocycles. The lowest BCUT2D eigenvalue weighted by molar-refractivity contribution is -0.0442. The smallest absolute Gasteiger partial charge is 0.341 e. The minimum atomic E-state index is -0.429. The summed E-state index contributed by atoms with van der Waals surface area (Å²) in [7, 11) is 2.83. The SMILES string of the molecule is COC(=O)c1ccc(C2OCCO2)cc1OC. The highest BCUT2D eigenvalue weighted by Gasteiger charge is 2.21. The molecule has 0 amide bonds. The zero-order chi connectivity index (χ0) is 12.3. The number of esters is 1. The topological polar surface area (TPSA) is 54.0 Å². The van der Waals surface area contributed by atoms with E-state index in [0.717, 1.165) is 5.56 Å². The Morgan fingerprint density at radius 3 is 2.59 bits per heavy atom. The molecular formula is C12H14O5. The van der Waals surface area contributed by atoms with Crippen LogP contribution in [0.15, 0.2) is 18.2 Å². The molecule has 1 aliphatic heterocycles. The lowest BCUT2D eigenvalue weighted by Crippen LogP contribution is -2.06. The van der Waals surface area contributed by atoms with Crippen LogP contribution in [-0.4, -0.2) is 33.4 Å². The fourth-order valence-electron chi connectivity index (χ4n) is 1.68. The molecule has 2 rings (SSSR count). The number of rotatable bonds is 3. The summed E-state index contributed by atoms with van der Waals surface area (Å²) in [5, 5.41) is 0. The number of hydrogen-bond acceptors (Lipinski definition) is 5. The average molecular weight is 238 g/mol. The lowest BCUT2D eigenvalue weighted by atomic mass is 10.1. The molecule has 1 fully saturated rings. The van der Waals surface area contributed by atoms with Crippen molar-refractivity contribution in [2.45, 2.75) is 6.29 Å². The predicted octanol–water partition coefficient (Wildman–Crippen LogP) is 1.53. The molecule has 0 aliphatic carbocycles. The third-order valence-corrected chi connectivity index (χ3v) is 2.52. The molecule has 17 heavy (non-hydrogen) atoms. The van der Waals surface area contributed by atoms with Crippen molar-refractivity contribution < 1.29 is 23.7 Å². The summed E-state index contributed by atoms with van der Waals surface area (Å²) in [4.78, 5) is 11.5. The largest absolute Gasteiger partial charge is 0.496 e. The fraction of sp³-hybridized carbons (Fsp3) is 0.417. The van der Waals surface area contributed by atoms with Crippen LogP contribution in [0.4, 0.5) is 0 Å². The van der Waals surface area contributed by atoms with Gasteiger partial charge in [0.2, 0.25) is 0 Å². The Morgan fingerprint density at radius 1 is 1.29 bits per heavy atom. The van der Waals surface area contributed by atoms with Crippen LogP contribution in [0.2, 0.25) is 0 Å². The van der Waals surface area contributed by atoms with Gasteiger partial charge >= 0.3 is 5.97 Å². The van der Waals surface area contributed by atoms with Gasteiger partial charge < -0.3 is 18.9 Å². The second-order valence-electron chi connectivity index (χ2n) is 3.52. The Bertz CT molecular complexity index is 409. The van der Waals surface area contributed by atoms with Gasteiger partial charge in [0.05, 0.1) is 27.4 Å². The van der Waals surface area contributed by atoms with Crippen LogP contribution in [0.25, 0.3) is 0 Å². The summed E-state index contributed by atoms with van der Waals surface area (Å²) in [5.74, 6) is 0.0232. The van der Waals surface area contributed by atoms with Crippen LogP contribution >= 0.6 is 0 Å². The van der Waals surface area contributed by atoms with Gasteiger partial charge in [-0.1, -0.05) is 6.07 Å². The lowest BCUT2D eigenvalue weighted by Gasteiger charge is -2.12. The fourth-order valence-corrected chi connectivity index (χ4v) is 1.68. The molecule has 1 aromatic carbocycles. The van der Waals surface area contributed by atoms with E-state index in [-0.39, 0.29) is 6.29 Å². The Balaban J connectivity index is 2.30. The van der Waals surface area contributed by atoms with Gasteiger partial charge in [-0.2, -0.15) is 0 Å².